The highest BCUT2D eigenvalue weighted by Crippen LogP contribution is 2.36. The fraction of sp³-hybridized carbons (Fsp3) is 0.500. The number of hydrogen-bond acceptors (Lipinski definition) is 5. The Morgan fingerprint density at radius 3 is 2.10 bits per heavy atom. The van der Waals surface area contributed by atoms with Gasteiger partial charge in [0.05, 0.1) is 14.2 Å². The van der Waals surface area contributed by atoms with Crippen LogP contribution in [-0.4, -0.2) is 31.0 Å². The molecule has 0 saturated carbocycles. The van der Waals surface area contributed by atoms with Crippen molar-refractivity contribution in [2.24, 2.45) is 0 Å². The lowest BCUT2D eigenvalue weighted by Crippen LogP contribution is -2.32. The van der Waals surface area contributed by atoms with Gasteiger partial charge in [-0.2, -0.15) is 0 Å². The first-order valence-corrected chi connectivity index (χ1v) is 6.17. The van der Waals surface area contributed by atoms with E-state index >= 15 is 0 Å². The molecule has 0 atom stereocenters. The molecular formula is C14H21NO5. The predicted molar refractivity (Wildman–Crippen MR) is 74.3 cm³/mol. The summed E-state index contributed by atoms with van der Waals surface area (Å²) >= 11 is 0. The summed E-state index contributed by atoms with van der Waals surface area (Å²) in [5.74, 6) is 0.492. The number of rotatable bonds is 4. The number of methoxy groups -OCH3 is 2. The molecule has 0 heterocycles. The summed E-state index contributed by atoms with van der Waals surface area (Å²) in [6, 6.07) is 3.24. The Balaban J connectivity index is 2.76. The van der Waals surface area contributed by atoms with E-state index in [1.807, 2.05) is 0 Å². The smallest absolute Gasteiger partial charge is 0.407 e. The van der Waals surface area contributed by atoms with Crippen molar-refractivity contribution in [3.05, 3.63) is 17.7 Å². The van der Waals surface area contributed by atoms with Crippen LogP contribution in [0.15, 0.2) is 12.1 Å². The first-order valence-electron chi connectivity index (χ1n) is 6.17. The molecule has 6 heteroatoms. The number of phenolic OH excluding ortho intramolecular Hbond substituents is 1. The zero-order valence-electron chi connectivity index (χ0n) is 12.4. The van der Waals surface area contributed by atoms with Crippen LogP contribution in [0.2, 0.25) is 0 Å². The van der Waals surface area contributed by atoms with Gasteiger partial charge < -0.3 is 24.6 Å². The average molecular weight is 283 g/mol. The molecule has 0 bridgehead atoms. The van der Waals surface area contributed by atoms with E-state index in [1.165, 1.54) is 14.2 Å². The number of nitrogens with one attached hydrogen (secondary N) is 1. The number of ether oxygens (including phenoxy) is 3. The Kier molecular flexibility index (Phi) is 5.07. The Bertz CT molecular complexity index is 454. The average Bonchev–Trinajstić information content (AvgIpc) is 2.35. The van der Waals surface area contributed by atoms with Crippen molar-refractivity contribution in [2.75, 3.05) is 14.2 Å². The van der Waals surface area contributed by atoms with E-state index in [2.05, 4.69) is 5.32 Å². The maximum Gasteiger partial charge on any atom is 0.407 e. The van der Waals surface area contributed by atoms with Crippen LogP contribution < -0.4 is 14.8 Å². The number of carbonyl (C=O) groups excluding carboxylic acids is 1. The number of aromatic hydroxyl groups is 1. The van der Waals surface area contributed by atoms with Crippen molar-refractivity contribution < 1.29 is 24.1 Å². The van der Waals surface area contributed by atoms with Crippen LogP contribution in [0.25, 0.3) is 0 Å². The molecule has 0 radical (unpaired) electrons. The molecule has 1 aromatic carbocycles. The summed E-state index contributed by atoms with van der Waals surface area (Å²) in [4.78, 5) is 11.6. The highest BCUT2D eigenvalue weighted by Gasteiger charge is 2.16. The maximum atomic E-state index is 11.6. The van der Waals surface area contributed by atoms with Gasteiger partial charge in [0.2, 0.25) is 5.75 Å². The molecule has 1 rings (SSSR count). The molecule has 0 aromatic heterocycles. The Hall–Kier alpha value is -2.11. The monoisotopic (exact) mass is 283 g/mol. The van der Waals surface area contributed by atoms with Crippen LogP contribution >= 0.6 is 0 Å². The van der Waals surface area contributed by atoms with Gasteiger partial charge in [-0.25, -0.2) is 4.79 Å². The van der Waals surface area contributed by atoms with E-state index in [-0.39, 0.29) is 23.8 Å². The minimum atomic E-state index is -0.547. The van der Waals surface area contributed by atoms with E-state index in [0.717, 1.165) is 5.56 Å². The van der Waals surface area contributed by atoms with E-state index in [9.17, 15) is 9.90 Å². The molecule has 2 N–H and O–H groups in total. The van der Waals surface area contributed by atoms with E-state index in [1.54, 1.807) is 32.9 Å². The minimum absolute atomic E-state index is 0.0731. The number of phenols is 1. The highest BCUT2D eigenvalue weighted by molar-refractivity contribution is 5.67. The molecule has 0 spiro atoms. The van der Waals surface area contributed by atoms with Crippen molar-refractivity contribution in [1.82, 2.24) is 5.32 Å². The van der Waals surface area contributed by atoms with Crippen molar-refractivity contribution >= 4 is 6.09 Å². The third-order valence-corrected chi connectivity index (χ3v) is 2.38. The molecule has 6 nitrogen and oxygen atoms in total. The summed E-state index contributed by atoms with van der Waals surface area (Å²) in [6.45, 7) is 5.61. The van der Waals surface area contributed by atoms with Crippen LogP contribution in [-0.2, 0) is 11.3 Å². The SMILES string of the molecule is COc1cc(CNC(=O)OC(C)(C)C)cc(OC)c1O. The van der Waals surface area contributed by atoms with Gasteiger partial charge in [0.15, 0.2) is 11.5 Å². The van der Waals surface area contributed by atoms with E-state index in [0.29, 0.717) is 0 Å². The lowest BCUT2D eigenvalue weighted by Gasteiger charge is -2.20. The summed E-state index contributed by atoms with van der Waals surface area (Å²) in [6.07, 6.45) is -0.511. The summed E-state index contributed by atoms with van der Waals surface area (Å²) in [5, 5.41) is 12.4. The van der Waals surface area contributed by atoms with Crippen LogP contribution in [0.1, 0.15) is 26.3 Å². The molecular weight excluding hydrogens is 262 g/mol. The van der Waals surface area contributed by atoms with Gasteiger partial charge in [0, 0.05) is 6.54 Å². The van der Waals surface area contributed by atoms with Gasteiger partial charge in [-0.15, -0.1) is 0 Å². The van der Waals surface area contributed by atoms with Gasteiger partial charge in [-0.05, 0) is 38.5 Å². The number of alkyl carbamates (subject to hydrolysis) is 1. The number of benzene rings is 1. The van der Waals surface area contributed by atoms with Crippen LogP contribution in [0.4, 0.5) is 4.79 Å². The fourth-order valence-electron chi connectivity index (χ4n) is 1.54. The summed E-state index contributed by atoms with van der Waals surface area (Å²) in [5.41, 5.74) is 0.177. The third-order valence-electron chi connectivity index (χ3n) is 2.38. The second-order valence-corrected chi connectivity index (χ2v) is 5.20. The molecule has 0 fully saturated rings. The summed E-state index contributed by atoms with van der Waals surface area (Å²) < 4.78 is 15.2. The first kappa shape index (κ1) is 15.9. The van der Waals surface area contributed by atoms with E-state index in [4.69, 9.17) is 14.2 Å². The van der Waals surface area contributed by atoms with Crippen molar-refractivity contribution in [3.8, 4) is 17.2 Å². The lowest BCUT2D eigenvalue weighted by atomic mass is 10.2. The van der Waals surface area contributed by atoms with Gasteiger partial charge >= 0.3 is 6.09 Å². The normalized spacial score (nSPS) is 10.8. The minimum Gasteiger partial charge on any atom is -0.502 e. The van der Waals surface area contributed by atoms with Gasteiger partial charge in [-0.3, -0.25) is 0 Å². The quantitative estimate of drug-likeness (QED) is 0.887. The zero-order valence-corrected chi connectivity index (χ0v) is 12.4. The molecule has 0 aliphatic heterocycles. The van der Waals surface area contributed by atoms with Gasteiger partial charge in [0.1, 0.15) is 5.60 Å². The topological polar surface area (TPSA) is 77.0 Å². The number of carbonyl (C=O) groups is 1. The third kappa shape index (κ3) is 4.53. The van der Waals surface area contributed by atoms with Crippen LogP contribution in [0.5, 0.6) is 17.2 Å². The van der Waals surface area contributed by atoms with Gasteiger partial charge in [-0.1, -0.05) is 0 Å². The lowest BCUT2D eigenvalue weighted by molar-refractivity contribution is 0.0523. The largest absolute Gasteiger partial charge is 0.502 e. The molecule has 1 aromatic rings. The van der Waals surface area contributed by atoms with Crippen molar-refractivity contribution in [3.63, 3.8) is 0 Å². The zero-order chi connectivity index (χ0) is 15.3. The fourth-order valence-corrected chi connectivity index (χ4v) is 1.54. The Morgan fingerprint density at radius 2 is 1.70 bits per heavy atom. The first-order chi connectivity index (χ1) is 9.26. The van der Waals surface area contributed by atoms with Crippen LogP contribution in [0.3, 0.4) is 0 Å². The molecule has 0 aliphatic rings. The van der Waals surface area contributed by atoms with Crippen molar-refractivity contribution in [2.45, 2.75) is 32.9 Å². The molecule has 0 saturated heterocycles. The Labute approximate surface area is 118 Å². The summed E-state index contributed by atoms with van der Waals surface area (Å²) in [7, 11) is 2.89. The standard InChI is InChI=1S/C14H21NO5/c1-14(2,3)20-13(17)15-8-9-6-10(18-4)12(16)11(7-9)19-5/h6-7,16H,8H2,1-5H3,(H,15,17). The van der Waals surface area contributed by atoms with Crippen LogP contribution in [0, 0.1) is 0 Å². The molecule has 112 valence electrons. The molecule has 1 amide bonds. The molecule has 20 heavy (non-hydrogen) atoms. The Morgan fingerprint density at radius 1 is 1.20 bits per heavy atom. The molecule has 0 unspecified atom stereocenters. The molecule has 0 aliphatic carbocycles. The predicted octanol–water partition coefficient (Wildman–Crippen LogP) is 2.43. The van der Waals surface area contributed by atoms with Gasteiger partial charge in [0.25, 0.3) is 0 Å². The second-order valence-electron chi connectivity index (χ2n) is 5.20. The second kappa shape index (κ2) is 6.36. The van der Waals surface area contributed by atoms with E-state index < -0.39 is 11.7 Å². The highest BCUT2D eigenvalue weighted by atomic mass is 16.6. The number of amides is 1. The maximum absolute atomic E-state index is 11.6. The van der Waals surface area contributed by atoms with Crippen molar-refractivity contribution in [1.29, 1.82) is 0 Å². The number of hydrogen-bond donors (Lipinski definition) is 2.